The van der Waals surface area contributed by atoms with E-state index in [1.54, 1.807) is 6.07 Å². The van der Waals surface area contributed by atoms with Crippen LogP contribution in [0.3, 0.4) is 0 Å². The first kappa shape index (κ1) is 7.62. The standard InChI is InChI=1S/C10H13NO/c1-6-2-3-10(12)8(4-6)7-5-9(7)11/h2-4,7,9,12H,5,11H2,1H3. The highest BCUT2D eigenvalue weighted by Crippen LogP contribution is 2.43. The molecular weight excluding hydrogens is 150 g/mol. The Balaban J connectivity index is 2.36. The first-order valence-corrected chi connectivity index (χ1v) is 4.23. The van der Waals surface area contributed by atoms with Crippen molar-refractivity contribution in [2.45, 2.75) is 25.3 Å². The van der Waals surface area contributed by atoms with E-state index in [0.717, 1.165) is 12.0 Å². The van der Waals surface area contributed by atoms with E-state index < -0.39 is 0 Å². The molecule has 3 N–H and O–H groups in total. The SMILES string of the molecule is Cc1ccc(O)c(C2CC2N)c1. The second-order valence-corrected chi connectivity index (χ2v) is 3.57. The van der Waals surface area contributed by atoms with Crippen molar-refractivity contribution in [3.63, 3.8) is 0 Å². The summed E-state index contributed by atoms with van der Waals surface area (Å²) in [5.74, 6) is 0.781. The highest BCUT2D eigenvalue weighted by Gasteiger charge is 2.36. The molecule has 1 aliphatic rings. The van der Waals surface area contributed by atoms with E-state index >= 15 is 0 Å². The average Bonchev–Trinajstić information content (AvgIpc) is 2.73. The molecule has 0 amide bonds. The maximum Gasteiger partial charge on any atom is 0.119 e. The molecular formula is C10H13NO. The molecule has 0 heterocycles. The van der Waals surface area contributed by atoms with Crippen LogP contribution in [-0.2, 0) is 0 Å². The molecule has 0 bridgehead atoms. The summed E-state index contributed by atoms with van der Waals surface area (Å²) in [5.41, 5.74) is 7.90. The van der Waals surface area contributed by atoms with Gasteiger partial charge in [-0.15, -0.1) is 0 Å². The van der Waals surface area contributed by atoms with Crippen molar-refractivity contribution in [3.8, 4) is 5.75 Å². The normalized spacial score (nSPS) is 27.2. The van der Waals surface area contributed by atoms with E-state index in [0.29, 0.717) is 11.7 Å². The number of aromatic hydroxyl groups is 1. The molecule has 1 saturated carbocycles. The zero-order valence-corrected chi connectivity index (χ0v) is 7.12. The van der Waals surface area contributed by atoms with Crippen molar-refractivity contribution in [3.05, 3.63) is 29.3 Å². The van der Waals surface area contributed by atoms with Crippen molar-refractivity contribution in [1.82, 2.24) is 0 Å². The van der Waals surface area contributed by atoms with E-state index in [1.807, 2.05) is 19.1 Å². The van der Waals surface area contributed by atoms with Crippen molar-refractivity contribution >= 4 is 0 Å². The lowest BCUT2D eigenvalue weighted by atomic mass is 10.1. The van der Waals surface area contributed by atoms with E-state index in [9.17, 15) is 5.11 Å². The molecule has 0 radical (unpaired) electrons. The maximum absolute atomic E-state index is 9.51. The molecule has 2 rings (SSSR count). The van der Waals surface area contributed by atoms with Gasteiger partial charge in [-0.3, -0.25) is 0 Å². The molecule has 0 aliphatic heterocycles. The Morgan fingerprint density at radius 2 is 2.17 bits per heavy atom. The van der Waals surface area contributed by atoms with Gasteiger partial charge in [-0.25, -0.2) is 0 Å². The third kappa shape index (κ3) is 1.18. The van der Waals surface area contributed by atoms with Crippen molar-refractivity contribution in [2.75, 3.05) is 0 Å². The predicted octanol–water partition coefficient (Wildman–Crippen LogP) is 1.52. The minimum atomic E-state index is 0.262. The van der Waals surface area contributed by atoms with Crippen LogP contribution in [0.1, 0.15) is 23.5 Å². The van der Waals surface area contributed by atoms with Crippen molar-refractivity contribution < 1.29 is 5.11 Å². The summed E-state index contributed by atoms with van der Waals surface area (Å²) in [5, 5.41) is 9.51. The van der Waals surface area contributed by atoms with Crippen LogP contribution in [0.15, 0.2) is 18.2 Å². The Morgan fingerprint density at radius 3 is 2.75 bits per heavy atom. The number of rotatable bonds is 1. The van der Waals surface area contributed by atoms with Gasteiger partial charge >= 0.3 is 0 Å². The van der Waals surface area contributed by atoms with Gasteiger partial charge in [-0.2, -0.15) is 0 Å². The second-order valence-electron chi connectivity index (χ2n) is 3.57. The molecule has 1 fully saturated rings. The lowest BCUT2D eigenvalue weighted by molar-refractivity contribution is 0.468. The Morgan fingerprint density at radius 1 is 1.50 bits per heavy atom. The van der Waals surface area contributed by atoms with Crippen LogP contribution in [-0.4, -0.2) is 11.1 Å². The Hall–Kier alpha value is -1.02. The number of aryl methyl sites for hydroxylation is 1. The maximum atomic E-state index is 9.51. The summed E-state index contributed by atoms with van der Waals surface area (Å²) in [6.07, 6.45) is 1.01. The van der Waals surface area contributed by atoms with E-state index in [1.165, 1.54) is 5.56 Å². The van der Waals surface area contributed by atoms with Gasteiger partial charge < -0.3 is 10.8 Å². The molecule has 12 heavy (non-hydrogen) atoms. The van der Waals surface area contributed by atoms with Crippen LogP contribution < -0.4 is 5.73 Å². The fourth-order valence-corrected chi connectivity index (χ4v) is 1.54. The highest BCUT2D eigenvalue weighted by molar-refractivity contribution is 5.42. The molecule has 0 spiro atoms. The molecule has 2 nitrogen and oxygen atoms in total. The molecule has 2 heteroatoms. The second kappa shape index (κ2) is 2.49. The van der Waals surface area contributed by atoms with Gasteiger partial charge in [0, 0.05) is 12.0 Å². The summed E-state index contributed by atoms with van der Waals surface area (Å²) >= 11 is 0. The summed E-state index contributed by atoms with van der Waals surface area (Å²) in [4.78, 5) is 0. The quantitative estimate of drug-likeness (QED) is 0.659. The van der Waals surface area contributed by atoms with Gasteiger partial charge in [0.05, 0.1) is 0 Å². The molecule has 1 aliphatic carbocycles. The first-order chi connectivity index (χ1) is 5.68. The van der Waals surface area contributed by atoms with E-state index in [2.05, 4.69) is 0 Å². The lowest BCUT2D eigenvalue weighted by Gasteiger charge is -2.03. The van der Waals surface area contributed by atoms with E-state index in [-0.39, 0.29) is 6.04 Å². The number of nitrogens with two attached hydrogens (primary N) is 1. The number of benzene rings is 1. The van der Waals surface area contributed by atoms with Crippen LogP contribution in [0.2, 0.25) is 0 Å². The topological polar surface area (TPSA) is 46.2 Å². The largest absolute Gasteiger partial charge is 0.508 e. The van der Waals surface area contributed by atoms with Crippen LogP contribution in [0, 0.1) is 6.92 Å². The molecule has 1 aromatic rings. The zero-order valence-electron chi connectivity index (χ0n) is 7.12. The van der Waals surface area contributed by atoms with Gasteiger partial charge in [-0.05, 0) is 25.0 Å². The van der Waals surface area contributed by atoms with Gasteiger partial charge in [0.1, 0.15) is 5.75 Å². The zero-order chi connectivity index (χ0) is 8.72. The predicted molar refractivity (Wildman–Crippen MR) is 48.2 cm³/mol. The van der Waals surface area contributed by atoms with Crippen molar-refractivity contribution in [1.29, 1.82) is 0 Å². The average molecular weight is 163 g/mol. The van der Waals surface area contributed by atoms with Crippen LogP contribution in [0.25, 0.3) is 0 Å². The third-order valence-electron chi connectivity index (χ3n) is 2.42. The number of phenols is 1. The Labute approximate surface area is 72.0 Å². The fourth-order valence-electron chi connectivity index (χ4n) is 1.54. The fraction of sp³-hybridized carbons (Fsp3) is 0.400. The number of hydrogen-bond donors (Lipinski definition) is 2. The Kier molecular flexibility index (Phi) is 1.58. The third-order valence-corrected chi connectivity index (χ3v) is 2.42. The lowest BCUT2D eigenvalue weighted by Crippen LogP contribution is -2.01. The van der Waals surface area contributed by atoms with E-state index in [4.69, 9.17) is 5.73 Å². The van der Waals surface area contributed by atoms with Gasteiger partial charge in [-0.1, -0.05) is 17.7 Å². The monoisotopic (exact) mass is 163 g/mol. The van der Waals surface area contributed by atoms with Crippen LogP contribution in [0.5, 0.6) is 5.75 Å². The minimum Gasteiger partial charge on any atom is -0.508 e. The molecule has 2 unspecified atom stereocenters. The minimum absolute atomic E-state index is 0.262. The summed E-state index contributed by atoms with van der Waals surface area (Å²) < 4.78 is 0. The first-order valence-electron chi connectivity index (χ1n) is 4.23. The molecule has 64 valence electrons. The molecule has 0 aromatic heterocycles. The van der Waals surface area contributed by atoms with Crippen LogP contribution in [0.4, 0.5) is 0 Å². The summed E-state index contributed by atoms with van der Waals surface area (Å²) in [7, 11) is 0. The van der Waals surface area contributed by atoms with Gasteiger partial charge in [0.15, 0.2) is 0 Å². The summed E-state index contributed by atoms with van der Waals surface area (Å²) in [6.45, 7) is 2.02. The molecule has 1 aromatic carbocycles. The Bertz CT molecular complexity index is 309. The molecule has 2 atom stereocenters. The smallest absolute Gasteiger partial charge is 0.119 e. The molecule has 0 saturated heterocycles. The highest BCUT2D eigenvalue weighted by atomic mass is 16.3. The number of phenolic OH excluding ortho intramolecular Hbond substituents is 1. The summed E-state index contributed by atoms with van der Waals surface area (Å²) in [6, 6.07) is 5.94. The van der Waals surface area contributed by atoms with Gasteiger partial charge in [0.25, 0.3) is 0 Å². The van der Waals surface area contributed by atoms with Crippen LogP contribution >= 0.6 is 0 Å². The number of hydrogen-bond acceptors (Lipinski definition) is 2. The van der Waals surface area contributed by atoms with Gasteiger partial charge in [0.2, 0.25) is 0 Å². The van der Waals surface area contributed by atoms with Crippen molar-refractivity contribution in [2.24, 2.45) is 5.73 Å².